The summed E-state index contributed by atoms with van der Waals surface area (Å²) < 4.78 is 24.1. The van der Waals surface area contributed by atoms with E-state index in [1.807, 2.05) is 0 Å². The molecule has 1 aliphatic heterocycles. The number of nitrogens with zero attached hydrogens (tertiary/aromatic N) is 1. The maximum atomic E-state index is 13.9. The Morgan fingerprint density at radius 3 is 2.65 bits per heavy atom. The van der Waals surface area contributed by atoms with Crippen LogP contribution in [0.2, 0.25) is 0 Å². The van der Waals surface area contributed by atoms with E-state index >= 15 is 0 Å². The van der Waals surface area contributed by atoms with Crippen LogP contribution >= 0.6 is 0 Å². The van der Waals surface area contributed by atoms with E-state index in [1.54, 1.807) is 12.0 Å². The van der Waals surface area contributed by atoms with Crippen LogP contribution in [0.5, 0.6) is 0 Å². The molecule has 1 amide bonds. The Labute approximate surface area is 151 Å². The highest BCUT2D eigenvalue weighted by molar-refractivity contribution is 5.94. The summed E-state index contributed by atoms with van der Waals surface area (Å²) in [5.41, 5.74) is 0.651. The van der Waals surface area contributed by atoms with Crippen molar-refractivity contribution in [2.24, 2.45) is 11.3 Å². The first-order valence-corrected chi connectivity index (χ1v) is 8.84. The number of hydrogen-bond acceptors (Lipinski definition) is 4. The standard InChI is InChI=1S/C19H24FNO5/c1-25-8-9-26-12-14-10-13(2-3-16(14)20)17(22)21-6-4-19(5-7-21)11-15(19)18(23)24/h2-3,10,15H,4-9,11-12H2,1H3,(H,23,24). The molecule has 1 atom stereocenters. The summed E-state index contributed by atoms with van der Waals surface area (Å²) in [6.45, 7) is 1.94. The van der Waals surface area contributed by atoms with E-state index in [2.05, 4.69) is 0 Å². The van der Waals surface area contributed by atoms with Gasteiger partial charge in [-0.05, 0) is 42.9 Å². The van der Waals surface area contributed by atoms with Crippen LogP contribution in [0.3, 0.4) is 0 Å². The summed E-state index contributed by atoms with van der Waals surface area (Å²) in [6, 6.07) is 4.30. The number of amides is 1. The molecule has 6 nitrogen and oxygen atoms in total. The van der Waals surface area contributed by atoms with Crippen molar-refractivity contribution in [1.29, 1.82) is 0 Å². The fraction of sp³-hybridized carbons (Fsp3) is 0.579. The Balaban J connectivity index is 1.59. The molecule has 2 fully saturated rings. The maximum absolute atomic E-state index is 13.9. The van der Waals surface area contributed by atoms with Crippen molar-refractivity contribution in [2.75, 3.05) is 33.4 Å². The van der Waals surface area contributed by atoms with Gasteiger partial charge in [-0.25, -0.2) is 4.39 Å². The topological polar surface area (TPSA) is 76.1 Å². The van der Waals surface area contributed by atoms with Crippen molar-refractivity contribution in [3.63, 3.8) is 0 Å². The number of ether oxygens (including phenoxy) is 2. The molecule has 1 N–H and O–H groups in total. The number of piperidine rings is 1. The number of rotatable bonds is 7. The summed E-state index contributed by atoms with van der Waals surface area (Å²) in [5.74, 6) is -1.55. The average molecular weight is 365 g/mol. The molecule has 1 unspecified atom stereocenters. The highest BCUT2D eigenvalue weighted by atomic mass is 19.1. The fourth-order valence-electron chi connectivity index (χ4n) is 3.73. The van der Waals surface area contributed by atoms with Gasteiger partial charge in [-0.15, -0.1) is 0 Å². The highest BCUT2D eigenvalue weighted by Gasteiger charge is 2.59. The van der Waals surface area contributed by atoms with Gasteiger partial charge in [0.25, 0.3) is 5.91 Å². The lowest BCUT2D eigenvalue weighted by atomic mass is 9.90. The van der Waals surface area contributed by atoms with Crippen LogP contribution in [0, 0.1) is 17.2 Å². The maximum Gasteiger partial charge on any atom is 0.307 e. The molecule has 1 spiro atoms. The second-order valence-corrected chi connectivity index (χ2v) is 7.10. The van der Waals surface area contributed by atoms with Gasteiger partial charge in [-0.3, -0.25) is 9.59 Å². The smallest absolute Gasteiger partial charge is 0.307 e. The molecule has 0 radical (unpaired) electrons. The second kappa shape index (κ2) is 7.72. The Morgan fingerprint density at radius 2 is 2.04 bits per heavy atom. The molecule has 26 heavy (non-hydrogen) atoms. The number of carboxylic acid groups (broad SMARTS) is 1. The van der Waals surface area contributed by atoms with E-state index in [9.17, 15) is 14.0 Å². The number of likely N-dealkylation sites (tertiary alicyclic amines) is 1. The van der Waals surface area contributed by atoms with Crippen molar-refractivity contribution in [1.82, 2.24) is 4.90 Å². The molecular weight excluding hydrogens is 341 g/mol. The molecule has 1 saturated heterocycles. The van der Waals surface area contributed by atoms with E-state index in [1.165, 1.54) is 18.2 Å². The Hall–Kier alpha value is -1.99. The van der Waals surface area contributed by atoms with Gasteiger partial charge >= 0.3 is 5.97 Å². The zero-order chi connectivity index (χ0) is 18.7. The summed E-state index contributed by atoms with van der Waals surface area (Å²) in [5, 5.41) is 9.15. The number of aliphatic carboxylic acids is 1. The van der Waals surface area contributed by atoms with Gasteiger partial charge in [-0.1, -0.05) is 0 Å². The Kier molecular flexibility index (Phi) is 5.58. The summed E-state index contributed by atoms with van der Waals surface area (Å²) >= 11 is 0. The van der Waals surface area contributed by atoms with Crippen LogP contribution in [0.4, 0.5) is 4.39 Å². The molecule has 1 aliphatic carbocycles. The van der Waals surface area contributed by atoms with Crippen LogP contribution in [0.15, 0.2) is 18.2 Å². The lowest BCUT2D eigenvalue weighted by Gasteiger charge is -2.32. The number of carbonyl (C=O) groups excluding carboxylic acids is 1. The molecule has 7 heteroatoms. The van der Waals surface area contributed by atoms with Gasteiger partial charge in [0.15, 0.2) is 0 Å². The van der Waals surface area contributed by atoms with Crippen molar-refractivity contribution in [2.45, 2.75) is 25.9 Å². The average Bonchev–Trinajstić information content (AvgIpc) is 3.34. The molecule has 1 heterocycles. The van der Waals surface area contributed by atoms with Gasteiger partial charge in [0.05, 0.1) is 25.7 Å². The molecule has 1 saturated carbocycles. The van der Waals surface area contributed by atoms with Crippen LogP contribution in [0.1, 0.15) is 35.2 Å². The quantitative estimate of drug-likeness (QED) is 0.751. The normalized spacial score (nSPS) is 21.0. The lowest BCUT2D eigenvalue weighted by molar-refractivity contribution is -0.139. The number of carbonyl (C=O) groups is 2. The first-order chi connectivity index (χ1) is 12.5. The van der Waals surface area contributed by atoms with Gasteiger partial charge in [0, 0.05) is 31.3 Å². The third kappa shape index (κ3) is 3.88. The molecule has 0 aromatic heterocycles. The third-order valence-corrected chi connectivity index (χ3v) is 5.52. The molecule has 1 aromatic rings. The SMILES string of the molecule is COCCOCc1cc(C(=O)N2CCC3(CC2)CC3C(=O)O)ccc1F. The first kappa shape index (κ1) is 18.8. The monoisotopic (exact) mass is 365 g/mol. The van der Waals surface area contributed by atoms with E-state index in [-0.39, 0.29) is 23.8 Å². The van der Waals surface area contributed by atoms with Crippen LogP contribution in [0.25, 0.3) is 0 Å². The predicted octanol–water partition coefficient (Wildman–Crippen LogP) is 2.32. The number of hydrogen-bond donors (Lipinski definition) is 1. The largest absolute Gasteiger partial charge is 0.481 e. The van der Waals surface area contributed by atoms with Crippen LogP contribution in [-0.2, 0) is 20.9 Å². The van der Waals surface area contributed by atoms with Gasteiger partial charge < -0.3 is 19.5 Å². The van der Waals surface area contributed by atoms with Crippen molar-refractivity contribution in [3.05, 3.63) is 35.1 Å². The van der Waals surface area contributed by atoms with E-state index in [4.69, 9.17) is 14.6 Å². The minimum Gasteiger partial charge on any atom is -0.481 e. The predicted molar refractivity (Wildman–Crippen MR) is 91.2 cm³/mol. The molecule has 2 aliphatic rings. The number of halogens is 1. The van der Waals surface area contributed by atoms with Crippen LogP contribution in [-0.4, -0.2) is 55.3 Å². The zero-order valence-electron chi connectivity index (χ0n) is 14.9. The molecular formula is C19H24FNO5. The summed E-state index contributed by atoms with van der Waals surface area (Å²) in [7, 11) is 1.56. The highest BCUT2D eigenvalue weighted by Crippen LogP contribution is 2.59. The summed E-state index contributed by atoms with van der Waals surface area (Å²) in [4.78, 5) is 25.6. The molecule has 142 valence electrons. The van der Waals surface area contributed by atoms with E-state index in [0.717, 1.165) is 0 Å². The van der Waals surface area contributed by atoms with E-state index < -0.39 is 11.8 Å². The minimum absolute atomic E-state index is 0.0831. The zero-order valence-corrected chi connectivity index (χ0v) is 14.9. The van der Waals surface area contributed by atoms with Gasteiger partial charge in [-0.2, -0.15) is 0 Å². The van der Waals surface area contributed by atoms with Crippen LogP contribution < -0.4 is 0 Å². The molecule has 3 rings (SSSR count). The molecule has 0 bridgehead atoms. The number of methoxy groups -OCH3 is 1. The first-order valence-electron chi connectivity index (χ1n) is 8.84. The fourth-order valence-corrected chi connectivity index (χ4v) is 3.73. The minimum atomic E-state index is -0.735. The van der Waals surface area contributed by atoms with Gasteiger partial charge in [0.2, 0.25) is 0 Å². The Morgan fingerprint density at radius 1 is 1.31 bits per heavy atom. The Bertz CT molecular complexity index is 685. The third-order valence-electron chi connectivity index (χ3n) is 5.52. The van der Waals surface area contributed by atoms with Gasteiger partial charge in [0.1, 0.15) is 5.82 Å². The van der Waals surface area contributed by atoms with Crippen molar-refractivity contribution in [3.8, 4) is 0 Å². The van der Waals surface area contributed by atoms with Crippen molar-refractivity contribution < 1.29 is 28.6 Å². The van der Waals surface area contributed by atoms with E-state index in [0.29, 0.717) is 56.7 Å². The number of carboxylic acids is 1. The second-order valence-electron chi connectivity index (χ2n) is 7.10. The number of benzene rings is 1. The summed E-state index contributed by atoms with van der Waals surface area (Å²) in [6.07, 6.45) is 2.14. The lowest BCUT2D eigenvalue weighted by Crippen LogP contribution is -2.40. The van der Waals surface area contributed by atoms with Crippen molar-refractivity contribution >= 4 is 11.9 Å². The molecule has 1 aromatic carbocycles.